The normalized spacial score (nSPS) is 18.0. The molecule has 7 nitrogen and oxygen atoms in total. The summed E-state index contributed by atoms with van der Waals surface area (Å²) in [6.45, 7) is 4.76. The zero-order valence-corrected chi connectivity index (χ0v) is 15.7. The second kappa shape index (κ2) is 9.71. The topological polar surface area (TPSA) is 104 Å². The molecule has 0 aromatic carbocycles. The summed E-state index contributed by atoms with van der Waals surface area (Å²) in [5.74, 6) is -1.94. The average molecular weight is 365 g/mol. The summed E-state index contributed by atoms with van der Waals surface area (Å²) in [4.78, 5) is 27.4. The van der Waals surface area contributed by atoms with Crippen LogP contribution in [0.3, 0.4) is 0 Å². The Morgan fingerprint density at radius 3 is 2.50 bits per heavy atom. The van der Waals surface area contributed by atoms with Crippen LogP contribution in [-0.2, 0) is 16.1 Å². The van der Waals surface area contributed by atoms with Gasteiger partial charge in [-0.2, -0.15) is 0 Å². The zero-order chi connectivity index (χ0) is 19.1. The highest BCUT2D eigenvalue weighted by Gasteiger charge is 2.27. The predicted octanol–water partition coefficient (Wildman–Crippen LogP) is 2.72. The van der Waals surface area contributed by atoms with E-state index in [1.807, 2.05) is 18.4 Å². The number of carbonyl (C=O) groups is 2. The van der Waals surface area contributed by atoms with Gasteiger partial charge < -0.3 is 20.1 Å². The Morgan fingerprint density at radius 2 is 1.92 bits per heavy atom. The number of carboxylic acid groups (broad SMARTS) is 2. The maximum Gasteiger partial charge on any atom is 0.320 e. The Balaban J connectivity index is 2.06. The molecule has 0 spiro atoms. The first-order chi connectivity index (χ1) is 12.4. The number of imidazole rings is 1. The lowest BCUT2D eigenvalue weighted by Gasteiger charge is -2.24. The fraction of sp³-hybridized carbons (Fsp3) is 0.737. The highest BCUT2D eigenvalue weighted by atomic mass is 16.4. The molecular formula is C19H31N3O4. The van der Waals surface area contributed by atoms with Gasteiger partial charge in [0.25, 0.3) is 0 Å². The van der Waals surface area contributed by atoms with Crippen LogP contribution >= 0.6 is 0 Å². The molecule has 1 aliphatic rings. The van der Waals surface area contributed by atoms with Crippen LogP contribution in [-0.4, -0.2) is 44.3 Å². The average Bonchev–Trinajstić information content (AvgIpc) is 3.02. The fourth-order valence-electron chi connectivity index (χ4n) is 3.74. The minimum absolute atomic E-state index is 0.0787. The van der Waals surface area contributed by atoms with E-state index in [2.05, 4.69) is 10.3 Å². The second-order valence-corrected chi connectivity index (χ2v) is 7.79. The third-order valence-corrected chi connectivity index (χ3v) is 5.15. The minimum Gasteiger partial charge on any atom is -0.481 e. The van der Waals surface area contributed by atoms with Crippen LogP contribution in [0.2, 0.25) is 0 Å². The van der Waals surface area contributed by atoms with E-state index in [0.717, 1.165) is 6.54 Å². The molecule has 1 heterocycles. The number of nitrogens with zero attached hydrogens (tertiary/aromatic N) is 2. The predicted molar refractivity (Wildman–Crippen MR) is 98.1 cm³/mol. The summed E-state index contributed by atoms with van der Waals surface area (Å²) in [6, 6.07) is -0.744. The highest BCUT2D eigenvalue weighted by Crippen LogP contribution is 2.26. The molecule has 3 N–H and O–H groups in total. The lowest BCUT2D eigenvalue weighted by atomic mass is 9.89. The van der Waals surface area contributed by atoms with Crippen molar-refractivity contribution in [1.29, 1.82) is 0 Å². The highest BCUT2D eigenvalue weighted by molar-refractivity contribution is 5.76. The molecule has 2 unspecified atom stereocenters. The molecule has 7 heteroatoms. The summed E-state index contributed by atoms with van der Waals surface area (Å²) in [6.07, 6.45) is 9.84. The van der Waals surface area contributed by atoms with Gasteiger partial charge in [-0.3, -0.25) is 9.59 Å². The maximum absolute atomic E-state index is 11.8. The van der Waals surface area contributed by atoms with Gasteiger partial charge in [-0.15, -0.1) is 0 Å². The quantitative estimate of drug-likeness (QED) is 0.589. The maximum atomic E-state index is 11.8. The van der Waals surface area contributed by atoms with Crippen molar-refractivity contribution in [3.63, 3.8) is 0 Å². The van der Waals surface area contributed by atoms with Gasteiger partial charge in [-0.25, -0.2) is 4.98 Å². The van der Waals surface area contributed by atoms with Gasteiger partial charge in [0.15, 0.2) is 0 Å². The Bertz CT molecular complexity index is 593. The van der Waals surface area contributed by atoms with Crippen molar-refractivity contribution < 1.29 is 19.8 Å². The Hall–Kier alpha value is -1.89. The summed E-state index contributed by atoms with van der Waals surface area (Å²) >= 11 is 0. The Labute approximate surface area is 154 Å². The molecule has 2 rings (SSSR count). The number of aliphatic carboxylic acids is 2. The molecule has 1 saturated carbocycles. The van der Waals surface area contributed by atoms with E-state index >= 15 is 0 Å². The van der Waals surface area contributed by atoms with E-state index < -0.39 is 23.9 Å². The number of aromatic nitrogens is 2. The number of carboxylic acids is 2. The number of rotatable bonds is 10. The molecule has 0 bridgehead atoms. The third-order valence-electron chi connectivity index (χ3n) is 5.15. The van der Waals surface area contributed by atoms with Crippen molar-refractivity contribution in [1.82, 2.24) is 14.9 Å². The third kappa shape index (κ3) is 5.83. The SMILES string of the molecule is CC(C)CC(NCC(C(=O)O)c1cncn1CC1CCCCC1)C(=O)O. The van der Waals surface area contributed by atoms with Gasteiger partial charge in [0, 0.05) is 19.3 Å². The fourth-order valence-corrected chi connectivity index (χ4v) is 3.74. The van der Waals surface area contributed by atoms with Crippen LogP contribution in [0.15, 0.2) is 12.5 Å². The van der Waals surface area contributed by atoms with E-state index in [1.165, 1.54) is 32.1 Å². The van der Waals surface area contributed by atoms with Crippen molar-refractivity contribution in [2.75, 3.05) is 6.54 Å². The van der Waals surface area contributed by atoms with Gasteiger partial charge in [-0.05, 0) is 31.1 Å². The van der Waals surface area contributed by atoms with Crippen LogP contribution in [0, 0.1) is 11.8 Å². The Kier molecular flexibility index (Phi) is 7.63. The molecule has 1 aromatic rings. The Morgan fingerprint density at radius 1 is 1.23 bits per heavy atom. The van der Waals surface area contributed by atoms with Crippen molar-refractivity contribution in [2.45, 2.75) is 70.9 Å². The van der Waals surface area contributed by atoms with Crippen molar-refractivity contribution >= 4 is 11.9 Å². The first-order valence-electron chi connectivity index (χ1n) is 9.57. The van der Waals surface area contributed by atoms with Gasteiger partial charge in [0.2, 0.25) is 0 Å². The lowest BCUT2D eigenvalue weighted by molar-refractivity contribution is -0.142. The van der Waals surface area contributed by atoms with Crippen molar-refractivity contribution in [3.05, 3.63) is 18.2 Å². The number of hydrogen-bond donors (Lipinski definition) is 3. The van der Waals surface area contributed by atoms with Gasteiger partial charge in [0.1, 0.15) is 12.0 Å². The van der Waals surface area contributed by atoms with Crippen LogP contribution in [0.5, 0.6) is 0 Å². The van der Waals surface area contributed by atoms with E-state index in [4.69, 9.17) is 0 Å². The summed E-state index contributed by atoms with van der Waals surface area (Å²) in [5, 5.41) is 22.0. The molecule has 0 amide bonds. The van der Waals surface area contributed by atoms with Crippen LogP contribution in [0.25, 0.3) is 0 Å². The summed E-state index contributed by atoms with van der Waals surface area (Å²) < 4.78 is 1.94. The molecule has 0 radical (unpaired) electrons. The first-order valence-corrected chi connectivity index (χ1v) is 9.57. The lowest BCUT2D eigenvalue weighted by Crippen LogP contribution is -2.41. The van der Waals surface area contributed by atoms with Gasteiger partial charge >= 0.3 is 11.9 Å². The number of nitrogens with one attached hydrogen (secondary N) is 1. The summed E-state index contributed by atoms with van der Waals surface area (Å²) in [7, 11) is 0. The van der Waals surface area contributed by atoms with Gasteiger partial charge in [0.05, 0.1) is 12.0 Å². The smallest absolute Gasteiger partial charge is 0.320 e. The van der Waals surface area contributed by atoms with E-state index in [1.54, 1.807) is 12.5 Å². The van der Waals surface area contributed by atoms with Crippen LogP contribution < -0.4 is 5.32 Å². The molecular weight excluding hydrogens is 334 g/mol. The first kappa shape index (κ1) is 20.4. The molecule has 26 heavy (non-hydrogen) atoms. The molecule has 1 aromatic heterocycles. The monoisotopic (exact) mass is 365 g/mol. The number of hydrogen-bond acceptors (Lipinski definition) is 4. The molecule has 146 valence electrons. The van der Waals surface area contributed by atoms with Gasteiger partial charge in [-0.1, -0.05) is 33.1 Å². The van der Waals surface area contributed by atoms with Crippen molar-refractivity contribution in [2.24, 2.45) is 11.8 Å². The van der Waals surface area contributed by atoms with Crippen molar-refractivity contribution in [3.8, 4) is 0 Å². The van der Waals surface area contributed by atoms with E-state index in [-0.39, 0.29) is 12.5 Å². The van der Waals surface area contributed by atoms with Crippen LogP contribution in [0.1, 0.15) is 64.0 Å². The standard InChI is InChI=1S/C19H31N3O4/c1-13(2)8-16(19(25)26)21-9-15(18(23)24)17-10-20-12-22(17)11-14-6-4-3-5-7-14/h10,12-16,21H,3-9,11H2,1-2H3,(H,23,24)(H,25,26). The molecule has 1 fully saturated rings. The van der Waals surface area contributed by atoms with E-state index in [9.17, 15) is 19.8 Å². The molecule has 1 aliphatic carbocycles. The summed E-state index contributed by atoms with van der Waals surface area (Å²) in [5.41, 5.74) is 0.643. The molecule has 0 aliphatic heterocycles. The molecule has 0 saturated heterocycles. The molecule has 2 atom stereocenters. The zero-order valence-electron chi connectivity index (χ0n) is 15.7. The second-order valence-electron chi connectivity index (χ2n) is 7.79. The van der Waals surface area contributed by atoms with E-state index in [0.29, 0.717) is 18.0 Å². The largest absolute Gasteiger partial charge is 0.481 e. The minimum atomic E-state index is -0.962. The van der Waals surface area contributed by atoms with Crippen LogP contribution in [0.4, 0.5) is 0 Å².